The number of likely N-dealkylation sites (N-methyl/N-ethyl adjacent to an activating group) is 1. The van der Waals surface area contributed by atoms with E-state index in [2.05, 4.69) is 15.2 Å². The highest BCUT2D eigenvalue weighted by Crippen LogP contribution is 2.16. The second-order valence-electron chi connectivity index (χ2n) is 6.62. The zero-order chi connectivity index (χ0) is 18.0. The first-order valence-electron chi connectivity index (χ1n) is 8.77. The summed E-state index contributed by atoms with van der Waals surface area (Å²) in [4.78, 5) is 33.9. The number of carbonyl (C=O) groups is 2. The Morgan fingerprint density at radius 3 is 2.64 bits per heavy atom. The Morgan fingerprint density at radius 1 is 1.24 bits per heavy atom. The SMILES string of the molecule is CCC(C)NC(=O)c1nc(C(=O)N2CCN(C)CC2)c2ccccn12. The van der Waals surface area contributed by atoms with Gasteiger partial charge in [0.25, 0.3) is 11.8 Å². The van der Waals surface area contributed by atoms with Crippen LogP contribution in [0.1, 0.15) is 41.4 Å². The molecule has 134 valence electrons. The number of nitrogens with zero attached hydrogens (tertiary/aromatic N) is 4. The number of hydrogen-bond acceptors (Lipinski definition) is 4. The van der Waals surface area contributed by atoms with Crippen LogP contribution in [-0.4, -0.2) is 70.3 Å². The molecule has 1 fully saturated rings. The first-order chi connectivity index (χ1) is 12.0. The van der Waals surface area contributed by atoms with E-state index in [1.165, 1.54) is 0 Å². The predicted molar refractivity (Wildman–Crippen MR) is 95.8 cm³/mol. The first kappa shape index (κ1) is 17.4. The van der Waals surface area contributed by atoms with Crippen molar-refractivity contribution in [2.75, 3.05) is 33.2 Å². The molecule has 2 amide bonds. The van der Waals surface area contributed by atoms with Crippen molar-refractivity contribution in [1.82, 2.24) is 24.5 Å². The van der Waals surface area contributed by atoms with Gasteiger partial charge in [0.2, 0.25) is 5.82 Å². The molecular weight excluding hydrogens is 318 g/mol. The second-order valence-corrected chi connectivity index (χ2v) is 6.62. The minimum atomic E-state index is -0.257. The maximum absolute atomic E-state index is 12.9. The van der Waals surface area contributed by atoms with Crippen LogP contribution in [-0.2, 0) is 0 Å². The minimum Gasteiger partial charge on any atom is -0.347 e. The molecule has 0 radical (unpaired) electrons. The molecule has 1 unspecified atom stereocenters. The molecule has 3 heterocycles. The first-order valence-corrected chi connectivity index (χ1v) is 8.77. The van der Waals surface area contributed by atoms with Gasteiger partial charge in [0.15, 0.2) is 5.69 Å². The Kier molecular flexibility index (Phi) is 5.03. The number of imidazole rings is 1. The molecule has 0 bridgehead atoms. The quantitative estimate of drug-likeness (QED) is 0.907. The average molecular weight is 343 g/mol. The molecular formula is C18H25N5O2. The van der Waals surface area contributed by atoms with Crippen molar-refractivity contribution in [3.8, 4) is 0 Å². The number of nitrogens with one attached hydrogen (secondary N) is 1. The summed E-state index contributed by atoms with van der Waals surface area (Å²) in [5.74, 6) is -0.110. The zero-order valence-corrected chi connectivity index (χ0v) is 15.0. The van der Waals surface area contributed by atoms with Gasteiger partial charge in [-0.25, -0.2) is 4.98 Å². The van der Waals surface area contributed by atoms with E-state index in [0.717, 1.165) is 19.5 Å². The van der Waals surface area contributed by atoms with Crippen LogP contribution in [0.2, 0.25) is 0 Å². The summed E-state index contributed by atoms with van der Waals surface area (Å²) in [5, 5.41) is 2.92. The van der Waals surface area contributed by atoms with E-state index in [4.69, 9.17) is 0 Å². The van der Waals surface area contributed by atoms with Gasteiger partial charge in [-0.15, -0.1) is 0 Å². The van der Waals surface area contributed by atoms with E-state index in [0.29, 0.717) is 24.3 Å². The van der Waals surface area contributed by atoms with Gasteiger partial charge < -0.3 is 15.1 Å². The lowest BCUT2D eigenvalue weighted by Crippen LogP contribution is -2.47. The van der Waals surface area contributed by atoms with Crippen molar-refractivity contribution in [2.24, 2.45) is 0 Å². The molecule has 0 saturated carbocycles. The molecule has 1 aliphatic rings. The third-order valence-electron chi connectivity index (χ3n) is 4.73. The lowest BCUT2D eigenvalue weighted by molar-refractivity contribution is 0.0661. The molecule has 0 aromatic carbocycles. The second kappa shape index (κ2) is 7.23. The van der Waals surface area contributed by atoms with Gasteiger partial charge in [0.1, 0.15) is 0 Å². The number of amides is 2. The standard InChI is InChI=1S/C18H25N5O2/c1-4-13(2)19-17(24)16-20-15(14-7-5-6-8-23(14)16)18(25)22-11-9-21(3)10-12-22/h5-8,13H,4,9-12H2,1-3H3,(H,19,24). The van der Waals surface area contributed by atoms with Gasteiger partial charge in [-0.1, -0.05) is 13.0 Å². The summed E-state index contributed by atoms with van der Waals surface area (Å²) in [7, 11) is 2.05. The third-order valence-corrected chi connectivity index (χ3v) is 4.73. The Labute approximate surface area is 147 Å². The van der Waals surface area contributed by atoms with Crippen LogP contribution in [0.3, 0.4) is 0 Å². The summed E-state index contributed by atoms with van der Waals surface area (Å²) in [5.41, 5.74) is 1.01. The van der Waals surface area contributed by atoms with E-state index < -0.39 is 0 Å². The maximum Gasteiger partial charge on any atom is 0.287 e. The molecule has 2 aromatic heterocycles. The summed E-state index contributed by atoms with van der Waals surface area (Å²) in [6.45, 7) is 7.00. The Bertz CT molecular complexity index is 777. The van der Waals surface area contributed by atoms with Crippen LogP contribution in [0.25, 0.3) is 5.52 Å². The molecule has 3 rings (SSSR count). The van der Waals surface area contributed by atoms with Gasteiger partial charge >= 0.3 is 0 Å². The molecule has 0 aliphatic carbocycles. The number of piperazine rings is 1. The summed E-state index contributed by atoms with van der Waals surface area (Å²) in [6.07, 6.45) is 2.61. The normalized spacial score (nSPS) is 16.8. The number of aromatic nitrogens is 2. The summed E-state index contributed by atoms with van der Waals surface area (Å²) in [6, 6.07) is 5.57. The lowest BCUT2D eigenvalue weighted by Gasteiger charge is -2.32. The smallest absolute Gasteiger partial charge is 0.287 e. The van der Waals surface area contributed by atoms with E-state index in [1.54, 1.807) is 10.6 Å². The van der Waals surface area contributed by atoms with E-state index in [-0.39, 0.29) is 23.7 Å². The fourth-order valence-corrected chi connectivity index (χ4v) is 2.91. The molecule has 1 aliphatic heterocycles. The van der Waals surface area contributed by atoms with Crippen LogP contribution in [0.4, 0.5) is 0 Å². The highest BCUT2D eigenvalue weighted by Gasteiger charge is 2.27. The molecule has 7 nitrogen and oxygen atoms in total. The van der Waals surface area contributed by atoms with Gasteiger partial charge in [-0.2, -0.15) is 0 Å². The van der Waals surface area contributed by atoms with E-state index >= 15 is 0 Å². The fraction of sp³-hybridized carbons (Fsp3) is 0.500. The van der Waals surface area contributed by atoms with Crippen molar-refractivity contribution in [3.05, 3.63) is 35.9 Å². The van der Waals surface area contributed by atoms with Crippen LogP contribution in [0.15, 0.2) is 24.4 Å². The van der Waals surface area contributed by atoms with Crippen molar-refractivity contribution in [2.45, 2.75) is 26.3 Å². The monoisotopic (exact) mass is 343 g/mol. The van der Waals surface area contributed by atoms with Crippen molar-refractivity contribution in [3.63, 3.8) is 0 Å². The topological polar surface area (TPSA) is 70.0 Å². The Morgan fingerprint density at radius 2 is 1.96 bits per heavy atom. The zero-order valence-electron chi connectivity index (χ0n) is 15.0. The van der Waals surface area contributed by atoms with Crippen LogP contribution in [0, 0.1) is 0 Å². The fourth-order valence-electron chi connectivity index (χ4n) is 2.91. The van der Waals surface area contributed by atoms with Gasteiger partial charge in [-0.05, 0) is 32.5 Å². The Balaban J connectivity index is 1.93. The highest BCUT2D eigenvalue weighted by atomic mass is 16.2. The molecule has 0 spiro atoms. The van der Waals surface area contributed by atoms with Crippen LogP contribution < -0.4 is 5.32 Å². The van der Waals surface area contributed by atoms with Gasteiger partial charge in [-0.3, -0.25) is 14.0 Å². The molecule has 1 atom stereocenters. The van der Waals surface area contributed by atoms with Crippen LogP contribution >= 0.6 is 0 Å². The van der Waals surface area contributed by atoms with Crippen LogP contribution in [0.5, 0.6) is 0 Å². The largest absolute Gasteiger partial charge is 0.347 e. The number of hydrogen-bond donors (Lipinski definition) is 1. The average Bonchev–Trinajstić information content (AvgIpc) is 3.01. The lowest BCUT2D eigenvalue weighted by atomic mass is 10.2. The number of fused-ring (bicyclic) bond motifs is 1. The molecule has 7 heteroatoms. The number of rotatable bonds is 4. The van der Waals surface area contributed by atoms with E-state index in [9.17, 15) is 9.59 Å². The van der Waals surface area contributed by atoms with Gasteiger partial charge in [0, 0.05) is 38.4 Å². The predicted octanol–water partition coefficient (Wildman–Crippen LogP) is 1.25. The molecule has 1 N–H and O–H groups in total. The number of carbonyl (C=O) groups excluding carboxylic acids is 2. The molecule has 2 aromatic rings. The van der Waals surface area contributed by atoms with Crippen molar-refractivity contribution in [1.29, 1.82) is 0 Å². The summed E-state index contributed by atoms with van der Waals surface area (Å²) >= 11 is 0. The van der Waals surface area contributed by atoms with Gasteiger partial charge in [0.05, 0.1) is 5.52 Å². The third kappa shape index (κ3) is 3.51. The van der Waals surface area contributed by atoms with E-state index in [1.807, 2.05) is 44.0 Å². The Hall–Kier alpha value is -2.41. The van der Waals surface area contributed by atoms with Crippen molar-refractivity contribution < 1.29 is 9.59 Å². The minimum absolute atomic E-state index is 0.0559. The maximum atomic E-state index is 12.9. The molecule has 1 saturated heterocycles. The van der Waals surface area contributed by atoms with Crippen molar-refractivity contribution >= 4 is 17.3 Å². The molecule has 25 heavy (non-hydrogen) atoms. The highest BCUT2D eigenvalue weighted by molar-refractivity contribution is 6.02. The summed E-state index contributed by atoms with van der Waals surface area (Å²) < 4.78 is 1.70. The number of pyridine rings is 1.